The number of carbonyl (C=O) groups excluding carboxylic acids is 1. The van der Waals surface area contributed by atoms with Gasteiger partial charge in [-0.15, -0.1) is 0 Å². The van der Waals surface area contributed by atoms with Gasteiger partial charge in [0.15, 0.2) is 0 Å². The van der Waals surface area contributed by atoms with Crippen LogP contribution in [0.2, 0.25) is 0 Å². The lowest BCUT2D eigenvalue weighted by atomic mass is 9.98. The molecular formula is C16H24N2O. The maximum Gasteiger partial charge on any atom is 0.222 e. The van der Waals surface area contributed by atoms with Crippen LogP contribution in [0.1, 0.15) is 31.2 Å². The first-order valence-corrected chi connectivity index (χ1v) is 7.31. The molecule has 1 heterocycles. The first-order valence-electron chi connectivity index (χ1n) is 7.31. The van der Waals surface area contributed by atoms with Gasteiger partial charge in [0.2, 0.25) is 5.91 Å². The second kappa shape index (κ2) is 7.29. The fourth-order valence-electron chi connectivity index (χ4n) is 2.73. The van der Waals surface area contributed by atoms with Crippen LogP contribution in [0.25, 0.3) is 0 Å². The molecule has 1 atom stereocenters. The predicted molar refractivity (Wildman–Crippen MR) is 77.7 cm³/mol. The highest BCUT2D eigenvalue weighted by atomic mass is 16.2. The van der Waals surface area contributed by atoms with Gasteiger partial charge in [-0.3, -0.25) is 4.79 Å². The van der Waals surface area contributed by atoms with E-state index in [1.54, 1.807) is 0 Å². The Morgan fingerprint density at radius 2 is 2.11 bits per heavy atom. The van der Waals surface area contributed by atoms with Crippen LogP contribution >= 0.6 is 0 Å². The summed E-state index contributed by atoms with van der Waals surface area (Å²) in [5, 5.41) is 0. The Morgan fingerprint density at radius 3 is 2.84 bits per heavy atom. The van der Waals surface area contributed by atoms with E-state index in [0.29, 0.717) is 24.8 Å². The van der Waals surface area contributed by atoms with Gasteiger partial charge in [-0.05, 0) is 43.7 Å². The maximum absolute atomic E-state index is 12.1. The van der Waals surface area contributed by atoms with E-state index in [9.17, 15) is 4.79 Å². The van der Waals surface area contributed by atoms with Gasteiger partial charge in [0, 0.05) is 19.5 Å². The van der Waals surface area contributed by atoms with Crippen molar-refractivity contribution in [3.8, 4) is 0 Å². The van der Waals surface area contributed by atoms with E-state index in [1.807, 2.05) is 23.1 Å². The van der Waals surface area contributed by atoms with E-state index in [1.165, 1.54) is 12.0 Å². The van der Waals surface area contributed by atoms with Crippen molar-refractivity contribution in [2.75, 3.05) is 19.6 Å². The third-order valence-corrected chi connectivity index (χ3v) is 3.90. The molecule has 1 aromatic rings. The van der Waals surface area contributed by atoms with Crippen LogP contribution in [0.15, 0.2) is 30.3 Å². The maximum atomic E-state index is 12.1. The van der Waals surface area contributed by atoms with E-state index in [2.05, 4.69) is 12.1 Å². The number of nitrogens with two attached hydrogens (primary N) is 1. The molecule has 2 N–H and O–H groups in total. The highest BCUT2D eigenvalue weighted by Crippen LogP contribution is 2.16. The SMILES string of the molecule is NCC1CCCN(C(=O)CCCc2ccccc2)C1. The molecule has 0 bridgehead atoms. The van der Waals surface area contributed by atoms with Crippen LogP contribution in [0.4, 0.5) is 0 Å². The molecule has 0 aliphatic carbocycles. The van der Waals surface area contributed by atoms with Gasteiger partial charge in [-0.25, -0.2) is 0 Å². The lowest BCUT2D eigenvalue weighted by molar-refractivity contribution is -0.133. The van der Waals surface area contributed by atoms with Crippen molar-refractivity contribution in [3.63, 3.8) is 0 Å². The molecular weight excluding hydrogens is 236 g/mol. The van der Waals surface area contributed by atoms with E-state index in [4.69, 9.17) is 5.73 Å². The number of carbonyl (C=O) groups is 1. The van der Waals surface area contributed by atoms with Gasteiger partial charge in [0.25, 0.3) is 0 Å². The van der Waals surface area contributed by atoms with Crippen molar-refractivity contribution in [2.24, 2.45) is 11.7 Å². The second-order valence-corrected chi connectivity index (χ2v) is 5.42. The molecule has 0 aromatic heterocycles. The van der Waals surface area contributed by atoms with Crippen molar-refractivity contribution in [1.82, 2.24) is 4.90 Å². The fourth-order valence-corrected chi connectivity index (χ4v) is 2.73. The predicted octanol–water partition coefficient (Wildman–Crippen LogP) is 2.21. The quantitative estimate of drug-likeness (QED) is 0.882. The molecule has 1 aliphatic heterocycles. The van der Waals surface area contributed by atoms with Gasteiger partial charge in [-0.1, -0.05) is 30.3 Å². The Bertz CT molecular complexity index is 391. The van der Waals surface area contributed by atoms with Gasteiger partial charge in [0.05, 0.1) is 0 Å². The average molecular weight is 260 g/mol. The normalized spacial score (nSPS) is 19.4. The number of benzene rings is 1. The number of rotatable bonds is 5. The highest BCUT2D eigenvalue weighted by molar-refractivity contribution is 5.76. The van der Waals surface area contributed by atoms with Gasteiger partial charge in [-0.2, -0.15) is 0 Å². The molecule has 3 heteroatoms. The average Bonchev–Trinajstić information content (AvgIpc) is 2.48. The molecule has 1 amide bonds. The molecule has 1 saturated heterocycles. The molecule has 1 aromatic carbocycles. The van der Waals surface area contributed by atoms with Crippen molar-refractivity contribution in [2.45, 2.75) is 32.1 Å². The lowest BCUT2D eigenvalue weighted by Crippen LogP contribution is -2.41. The summed E-state index contributed by atoms with van der Waals surface area (Å²) in [5.41, 5.74) is 7.02. The van der Waals surface area contributed by atoms with E-state index in [-0.39, 0.29) is 0 Å². The van der Waals surface area contributed by atoms with Crippen LogP contribution < -0.4 is 5.73 Å². The van der Waals surface area contributed by atoms with E-state index < -0.39 is 0 Å². The van der Waals surface area contributed by atoms with Crippen LogP contribution in [0, 0.1) is 5.92 Å². The molecule has 3 nitrogen and oxygen atoms in total. The molecule has 104 valence electrons. The number of piperidine rings is 1. The molecule has 1 unspecified atom stereocenters. The topological polar surface area (TPSA) is 46.3 Å². The van der Waals surface area contributed by atoms with Crippen LogP contribution in [-0.2, 0) is 11.2 Å². The van der Waals surface area contributed by atoms with E-state index >= 15 is 0 Å². The summed E-state index contributed by atoms with van der Waals surface area (Å²) in [4.78, 5) is 14.1. The fraction of sp³-hybridized carbons (Fsp3) is 0.562. The molecule has 0 radical (unpaired) electrons. The zero-order valence-corrected chi connectivity index (χ0v) is 11.6. The number of hydrogen-bond donors (Lipinski definition) is 1. The third kappa shape index (κ3) is 4.35. The standard InChI is InChI=1S/C16H24N2O/c17-12-15-9-5-11-18(13-15)16(19)10-4-8-14-6-2-1-3-7-14/h1-3,6-7,15H,4-5,8-13,17H2. The number of hydrogen-bond acceptors (Lipinski definition) is 2. The minimum atomic E-state index is 0.300. The van der Waals surface area contributed by atoms with E-state index in [0.717, 1.165) is 32.4 Å². The van der Waals surface area contributed by atoms with Crippen LogP contribution in [0.5, 0.6) is 0 Å². The summed E-state index contributed by atoms with van der Waals surface area (Å²) in [6.07, 6.45) is 4.86. The smallest absolute Gasteiger partial charge is 0.222 e. The number of nitrogens with zero attached hydrogens (tertiary/aromatic N) is 1. The van der Waals surface area contributed by atoms with Gasteiger partial charge >= 0.3 is 0 Å². The molecule has 19 heavy (non-hydrogen) atoms. The van der Waals surface area contributed by atoms with Crippen molar-refractivity contribution < 1.29 is 4.79 Å². The first-order chi connectivity index (χ1) is 9.29. The van der Waals surface area contributed by atoms with Crippen LogP contribution in [-0.4, -0.2) is 30.4 Å². The second-order valence-electron chi connectivity index (χ2n) is 5.42. The summed E-state index contributed by atoms with van der Waals surface area (Å²) in [7, 11) is 0. The molecule has 0 saturated carbocycles. The van der Waals surface area contributed by atoms with Crippen molar-refractivity contribution in [3.05, 3.63) is 35.9 Å². The Hall–Kier alpha value is -1.35. The molecule has 1 fully saturated rings. The summed E-state index contributed by atoms with van der Waals surface area (Å²) in [6.45, 7) is 2.48. The largest absolute Gasteiger partial charge is 0.342 e. The molecule has 1 aliphatic rings. The Labute approximate surface area is 115 Å². The minimum absolute atomic E-state index is 0.300. The lowest BCUT2D eigenvalue weighted by Gasteiger charge is -2.32. The number of likely N-dealkylation sites (tertiary alicyclic amines) is 1. The monoisotopic (exact) mass is 260 g/mol. The van der Waals surface area contributed by atoms with Crippen molar-refractivity contribution >= 4 is 5.91 Å². The summed E-state index contributed by atoms with van der Waals surface area (Å²) >= 11 is 0. The summed E-state index contributed by atoms with van der Waals surface area (Å²) in [5.74, 6) is 0.806. The summed E-state index contributed by atoms with van der Waals surface area (Å²) < 4.78 is 0. The Kier molecular flexibility index (Phi) is 5.40. The highest BCUT2D eigenvalue weighted by Gasteiger charge is 2.22. The van der Waals surface area contributed by atoms with Crippen molar-refractivity contribution in [1.29, 1.82) is 0 Å². The Morgan fingerprint density at radius 1 is 1.32 bits per heavy atom. The first kappa shape index (κ1) is 14.1. The Balaban J connectivity index is 1.72. The zero-order chi connectivity index (χ0) is 13.5. The van der Waals surface area contributed by atoms with Crippen LogP contribution in [0.3, 0.4) is 0 Å². The van der Waals surface area contributed by atoms with Gasteiger partial charge in [0.1, 0.15) is 0 Å². The molecule has 0 spiro atoms. The number of aryl methyl sites for hydroxylation is 1. The number of amides is 1. The zero-order valence-electron chi connectivity index (χ0n) is 11.6. The minimum Gasteiger partial charge on any atom is -0.342 e. The third-order valence-electron chi connectivity index (χ3n) is 3.90. The molecule has 2 rings (SSSR count). The van der Waals surface area contributed by atoms with Gasteiger partial charge < -0.3 is 10.6 Å². The summed E-state index contributed by atoms with van der Waals surface area (Å²) in [6, 6.07) is 10.4.